The fourth-order valence-electron chi connectivity index (χ4n) is 3.75. The van der Waals surface area contributed by atoms with Crippen molar-refractivity contribution in [3.8, 4) is 0 Å². The first kappa shape index (κ1) is 12.4. The van der Waals surface area contributed by atoms with E-state index in [1.54, 1.807) is 0 Å². The van der Waals surface area contributed by atoms with E-state index in [0.717, 1.165) is 24.2 Å². The van der Waals surface area contributed by atoms with Gasteiger partial charge in [-0.25, -0.2) is 0 Å². The third-order valence-electron chi connectivity index (χ3n) is 5.23. The highest BCUT2D eigenvalue weighted by Gasteiger charge is 2.29. The van der Waals surface area contributed by atoms with E-state index < -0.39 is 0 Å². The minimum absolute atomic E-state index is 0.00751. The van der Waals surface area contributed by atoms with E-state index in [1.807, 2.05) is 0 Å². The van der Waals surface area contributed by atoms with Crippen molar-refractivity contribution in [2.24, 2.45) is 23.7 Å². The predicted molar refractivity (Wildman–Crippen MR) is 68.3 cm³/mol. The standard InChI is InChI=1S/C15H28O/c1-11-7-8-13(9-12(11)2)10-15(16)14-5-3-4-6-14/h11-16H,3-10H2,1-2H3. The summed E-state index contributed by atoms with van der Waals surface area (Å²) in [7, 11) is 0. The molecule has 0 aromatic heterocycles. The summed E-state index contributed by atoms with van der Waals surface area (Å²) in [5, 5.41) is 10.3. The van der Waals surface area contributed by atoms with Crippen molar-refractivity contribution in [3.63, 3.8) is 0 Å². The molecular formula is C15H28O. The average Bonchev–Trinajstić information content (AvgIpc) is 2.77. The molecule has 0 aromatic rings. The number of aliphatic hydroxyl groups excluding tert-OH is 1. The van der Waals surface area contributed by atoms with Crippen molar-refractivity contribution in [1.82, 2.24) is 0 Å². The molecule has 0 saturated heterocycles. The van der Waals surface area contributed by atoms with Crippen molar-refractivity contribution < 1.29 is 5.11 Å². The molecule has 2 aliphatic rings. The average molecular weight is 224 g/mol. The van der Waals surface area contributed by atoms with Crippen molar-refractivity contribution in [2.45, 2.75) is 71.3 Å². The van der Waals surface area contributed by atoms with E-state index in [1.165, 1.54) is 44.9 Å². The molecule has 0 heterocycles. The molecule has 0 spiro atoms. The van der Waals surface area contributed by atoms with Gasteiger partial charge in [0.25, 0.3) is 0 Å². The summed E-state index contributed by atoms with van der Waals surface area (Å²) >= 11 is 0. The van der Waals surface area contributed by atoms with Gasteiger partial charge in [-0.1, -0.05) is 39.5 Å². The lowest BCUT2D eigenvalue weighted by Crippen LogP contribution is -2.27. The third-order valence-corrected chi connectivity index (χ3v) is 5.23. The molecule has 2 saturated carbocycles. The van der Waals surface area contributed by atoms with Gasteiger partial charge in [0.1, 0.15) is 0 Å². The predicted octanol–water partition coefficient (Wildman–Crippen LogP) is 4.00. The minimum atomic E-state index is 0.00751. The van der Waals surface area contributed by atoms with Crippen LogP contribution in [0.3, 0.4) is 0 Å². The molecule has 1 heteroatoms. The van der Waals surface area contributed by atoms with Crippen LogP contribution in [0, 0.1) is 23.7 Å². The first-order valence-corrected chi connectivity index (χ1v) is 7.35. The number of hydrogen-bond donors (Lipinski definition) is 1. The van der Waals surface area contributed by atoms with Gasteiger partial charge < -0.3 is 5.11 Å². The fourth-order valence-corrected chi connectivity index (χ4v) is 3.75. The molecular weight excluding hydrogens is 196 g/mol. The molecule has 2 fully saturated rings. The van der Waals surface area contributed by atoms with E-state index in [9.17, 15) is 5.11 Å². The van der Waals surface area contributed by atoms with Crippen LogP contribution < -0.4 is 0 Å². The lowest BCUT2D eigenvalue weighted by Gasteiger charge is -2.34. The van der Waals surface area contributed by atoms with E-state index >= 15 is 0 Å². The Balaban J connectivity index is 1.76. The number of hydrogen-bond acceptors (Lipinski definition) is 1. The second-order valence-corrected chi connectivity index (χ2v) is 6.48. The van der Waals surface area contributed by atoms with Crippen LogP contribution in [0.5, 0.6) is 0 Å². The lowest BCUT2D eigenvalue weighted by molar-refractivity contribution is 0.0649. The van der Waals surface area contributed by atoms with Crippen LogP contribution in [0.1, 0.15) is 65.2 Å². The molecule has 4 atom stereocenters. The highest BCUT2D eigenvalue weighted by Crippen LogP contribution is 2.38. The van der Waals surface area contributed by atoms with Crippen molar-refractivity contribution in [3.05, 3.63) is 0 Å². The quantitative estimate of drug-likeness (QED) is 0.768. The van der Waals surface area contributed by atoms with Gasteiger partial charge in [-0.3, -0.25) is 0 Å². The zero-order valence-corrected chi connectivity index (χ0v) is 11.0. The Bertz CT molecular complexity index is 207. The summed E-state index contributed by atoms with van der Waals surface area (Å²) in [5.41, 5.74) is 0. The third kappa shape index (κ3) is 3.00. The molecule has 0 bridgehead atoms. The Kier molecular flexibility index (Phi) is 4.29. The molecule has 1 N–H and O–H groups in total. The van der Waals surface area contributed by atoms with E-state index in [0.29, 0.717) is 5.92 Å². The Hall–Kier alpha value is -0.0400. The van der Waals surface area contributed by atoms with E-state index in [2.05, 4.69) is 13.8 Å². The second kappa shape index (κ2) is 5.53. The molecule has 2 aliphatic carbocycles. The summed E-state index contributed by atoms with van der Waals surface area (Å²) in [6.45, 7) is 4.77. The van der Waals surface area contributed by atoms with Crippen LogP contribution >= 0.6 is 0 Å². The zero-order chi connectivity index (χ0) is 11.5. The summed E-state index contributed by atoms with van der Waals surface area (Å²) in [6.07, 6.45) is 10.4. The molecule has 94 valence electrons. The maximum atomic E-state index is 10.3. The Labute approximate surface area is 101 Å². The van der Waals surface area contributed by atoms with Gasteiger partial charge >= 0.3 is 0 Å². The number of rotatable bonds is 3. The summed E-state index contributed by atoms with van der Waals surface area (Å²) < 4.78 is 0. The number of aliphatic hydroxyl groups is 1. The van der Waals surface area contributed by atoms with E-state index in [-0.39, 0.29) is 6.10 Å². The van der Waals surface area contributed by atoms with Gasteiger partial charge in [0.2, 0.25) is 0 Å². The van der Waals surface area contributed by atoms with E-state index in [4.69, 9.17) is 0 Å². The van der Waals surface area contributed by atoms with Crippen LogP contribution in [0.25, 0.3) is 0 Å². The lowest BCUT2D eigenvalue weighted by atomic mass is 9.73. The van der Waals surface area contributed by atoms with Gasteiger partial charge in [0.05, 0.1) is 6.10 Å². The summed E-state index contributed by atoms with van der Waals surface area (Å²) in [6, 6.07) is 0. The molecule has 0 amide bonds. The van der Waals surface area contributed by atoms with Crippen LogP contribution in [0.4, 0.5) is 0 Å². The Morgan fingerprint density at radius 3 is 2.31 bits per heavy atom. The topological polar surface area (TPSA) is 20.2 Å². The van der Waals surface area contributed by atoms with Crippen LogP contribution in [0.2, 0.25) is 0 Å². The van der Waals surface area contributed by atoms with Crippen LogP contribution in [0.15, 0.2) is 0 Å². The molecule has 4 unspecified atom stereocenters. The van der Waals surface area contributed by atoms with Crippen LogP contribution in [-0.2, 0) is 0 Å². The highest BCUT2D eigenvalue weighted by atomic mass is 16.3. The molecule has 16 heavy (non-hydrogen) atoms. The molecule has 1 nitrogen and oxygen atoms in total. The maximum absolute atomic E-state index is 10.3. The highest BCUT2D eigenvalue weighted by molar-refractivity contribution is 4.81. The van der Waals surface area contributed by atoms with Crippen molar-refractivity contribution in [2.75, 3.05) is 0 Å². The SMILES string of the molecule is CC1CCC(CC(O)C2CCCC2)CC1C. The first-order valence-electron chi connectivity index (χ1n) is 7.35. The molecule has 0 radical (unpaired) electrons. The summed E-state index contributed by atoms with van der Waals surface area (Å²) in [5.74, 6) is 3.21. The zero-order valence-electron chi connectivity index (χ0n) is 11.0. The fraction of sp³-hybridized carbons (Fsp3) is 1.00. The first-order chi connectivity index (χ1) is 7.66. The smallest absolute Gasteiger partial charge is 0.0571 e. The van der Waals surface area contributed by atoms with Crippen molar-refractivity contribution >= 4 is 0 Å². The normalized spacial score (nSPS) is 38.8. The van der Waals surface area contributed by atoms with Gasteiger partial charge in [-0.15, -0.1) is 0 Å². The minimum Gasteiger partial charge on any atom is -0.393 e. The molecule has 0 aliphatic heterocycles. The Morgan fingerprint density at radius 1 is 1.00 bits per heavy atom. The van der Waals surface area contributed by atoms with Gasteiger partial charge in [0.15, 0.2) is 0 Å². The monoisotopic (exact) mass is 224 g/mol. The van der Waals surface area contributed by atoms with Gasteiger partial charge in [0, 0.05) is 0 Å². The maximum Gasteiger partial charge on any atom is 0.0571 e. The largest absolute Gasteiger partial charge is 0.393 e. The second-order valence-electron chi connectivity index (χ2n) is 6.48. The van der Waals surface area contributed by atoms with Crippen molar-refractivity contribution in [1.29, 1.82) is 0 Å². The molecule has 0 aromatic carbocycles. The molecule has 2 rings (SSSR count). The van der Waals surface area contributed by atoms with Gasteiger partial charge in [-0.05, 0) is 49.4 Å². The van der Waals surface area contributed by atoms with Gasteiger partial charge in [-0.2, -0.15) is 0 Å². The summed E-state index contributed by atoms with van der Waals surface area (Å²) in [4.78, 5) is 0. The van der Waals surface area contributed by atoms with Crippen LogP contribution in [-0.4, -0.2) is 11.2 Å². The Morgan fingerprint density at radius 2 is 1.69 bits per heavy atom.